The fourth-order valence-electron chi connectivity index (χ4n) is 3.73. The van der Waals surface area contributed by atoms with Gasteiger partial charge in [-0.25, -0.2) is 4.98 Å². The summed E-state index contributed by atoms with van der Waals surface area (Å²) in [7, 11) is 0. The van der Waals surface area contributed by atoms with Crippen molar-refractivity contribution in [1.82, 2.24) is 9.97 Å². The molecule has 0 amide bonds. The molecule has 0 saturated heterocycles. The van der Waals surface area contributed by atoms with E-state index in [2.05, 4.69) is 48.3 Å². The van der Waals surface area contributed by atoms with Gasteiger partial charge < -0.3 is 4.98 Å². The second-order valence-electron chi connectivity index (χ2n) is 7.15. The number of aromatic nitrogens is 2. The van der Waals surface area contributed by atoms with Gasteiger partial charge in [0.1, 0.15) is 9.39 Å². The largest absolute Gasteiger partial charge is 0.309 e. The first-order valence-corrected chi connectivity index (χ1v) is 8.24. The number of fused-ring (bicyclic) bond motifs is 2. The van der Waals surface area contributed by atoms with Crippen molar-refractivity contribution in [1.29, 1.82) is 0 Å². The van der Waals surface area contributed by atoms with Gasteiger partial charge in [-0.1, -0.05) is 27.2 Å². The van der Waals surface area contributed by atoms with E-state index in [9.17, 15) is 4.79 Å². The van der Waals surface area contributed by atoms with E-state index in [4.69, 9.17) is 4.98 Å². The van der Waals surface area contributed by atoms with Gasteiger partial charge in [0, 0.05) is 11.3 Å². The molecule has 1 heterocycles. The van der Waals surface area contributed by atoms with Crippen molar-refractivity contribution in [2.24, 2.45) is 11.8 Å². The molecule has 0 aromatic carbocycles. The van der Waals surface area contributed by atoms with E-state index < -0.39 is 0 Å². The average molecular weight is 372 g/mol. The molecule has 3 atom stereocenters. The maximum Gasteiger partial charge on any atom is 0.264 e. The van der Waals surface area contributed by atoms with Crippen LogP contribution in [0.15, 0.2) is 4.79 Å². The lowest BCUT2D eigenvalue weighted by Gasteiger charge is -2.24. The van der Waals surface area contributed by atoms with Gasteiger partial charge >= 0.3 is 0 Å². The minimum atomic E-state index is -0.0723. The number of hydrogen-bond acceptors (Lipinski definition) is 2. The quantitative estimate of drug-likeness (QED) is 0.766. The number of aromatic amines is 1. The summed E-state index contributed by atoms with van der Waals surface area (Å²) in [6.07, 6.45) is 5.25. The number of nitrogens with zero attached hydrogens (tertiary/aromatic N) is 1. The first kappa shape index (κ1) is 13.6. The predicted octanol–water partition coefficient (Wildman–Crippen LogP) is 3.58. The number of halogens is 1. The summed E-state index contributed by atoms with van der Waals surface area (Å²) in [6, 6.07) is 0. The lowest BCUT2D eigenvalue weighted by atomic mass is 9.87. The van der Waals surface area contributed by atoms with Crippen LogP contribution < -0.4 is 5.56 Å². The zero-order chi connectivity index (χ0) is 13.8. The number of H-pyrrole nitrogens is 1. The molecule has 2 aliphatic carbocycles. The maximum absolute atomic E-state index is 12.2. The molecule has 1 aromatic rings. The molecule has 2 aliphatic rings. The molecular formula is C15H21IN2O. The molecule has 1 N–H and O–H groups in total. The molecule has 1 aromatic heterocycles. The Morgan fingerprint density at radius 3 is 2.53 bits per heavy atom. The van der Waals surface area contributed by atoms with Gasteiger partial charge in [-0.2, -0.15) is 0 Å². The highest BCUT2D eigenvalue weighted by molar-refractivity contribution is 14.1. The highest BCUT2D eigenvalue weighted by Crippen LogP contribution is 2.52. The Hall–Kier alpha value is -0.390. The summed E-state index contributed by atoms with van der Waals surface area (Å²) >= 11 is 2.13. The van der Waals surface area contributed by atoms with Crippen LogP contribution in [0.1, 0.15) is 63.9 Å². The Morgan fingerprint density at radius 2 is 2.00 bits per heavy atom. The lowest BCUT2D eigenvalue weighted by Crippen LogP contribution is -2.27. The summed E-state index contributed by atoms with van der Waals surface area (Å²) in [5.41, 5.74) is 0.921. The van der Waals surface area contributed by atoms with Gasteiger partial charge in [-0.05, 0) is 53.7 Å². The van der Waals surface area contributed by atoms with Crippen molar-refractivity contribution in [3.63, 3.8) is 0 Å². The molecule has 0 aliphatic heterocycles. The Labute approximate surface area is 127 Å². The van der Waals surface area contributed by atoms with E-state index in [1.165, 1.54) is 25.7 Å². The smallest absolute Gasteiger partial charge is 0.264 e. The first-order chi connectivity index (χ1) is 8.86. The SMILES string of the molecule is CC(C)(C)c1nc(C2CC3CCC2C3)[nH]c(=O)c1I. The van der Waals surface area contributed by atoms with Gasteiger partial charge in [-0.3, -0.25) is 4.79 Å². The van der Waals surface area contributed by atoms with E-state index in [0.717, 1.165) is 26.9 Å². The predicted molar refractivity (Wildman–Crippen MR) is 84.5 cm³/mol. The minimum absolute atomic E-state index is 0.0401. The Morgan fingerprint density at radius 1 is 1.26 bits per heavy atom. The molecule has 19 heavy (non-hydrogen) atoms. The lowest BCUT2D eigenvalue weighted by molar-refractivity contribution is 0.400. The van der Waals surface area contributed by atoms with Gasteiger partial charge in [0.05, 0.1) is 5.69 Å². The van der Waals surface area contributed by atoms with E-state index in [-0.39, 0.29) is 11.0 Å². The molecule has 0 radical (unpaired) electrons. The van der Waals surface area contributed by atoms with Crippen molar-refractivity contribution in [3.05, 3.63) is 25.4 Å². The van der Waals surface area contributed by atoms with Gasteiger partial charge in [0.15, 0.2) is 0 Å². The van der Waals surface area contributed by atoms with E-state index in [1.54, 1.807) is 0 Å². The van der Waals surface area contributed by atoms with Crippen molar-refractivity contribution in [3.8, 4) is 0 Å². The number of hydrogen-bond donors (Lipinski definition) is 1. The molecule has 2 saturated carbocycles. The summed E-state index contributed by atoms with van der Waals surface area (Å²) in [5, 5.41) is 0. The molecule has 104 valence electrons. The summed E-state index contributed by atoms with van der Waals surface area (Å²) < 4.78 is 0.747. The van der Waals surface area contributed by atoms with Crippen LogP contribution in [0.2, 0.25) is 0 Å². The fraction of sp³-hybridized carbons (Fsp3) is 0.733. The van der Waals surface area contributed by atoms with Gasteiger partial charge in [0.25, 0.3) is 5.56 Å². The van der Waals surface area contributed by atoms with E-state index in [0.29, 0.717) is 5.92 Å². The summed E-state index contributed by atoms with van der Waals surface area (Å²) in [6.45, 7) is 6.38. The molecule has 2 bridgehead atoms. The second-order valence-corrected chi connectivity index (χ2v) is 8.22. The second kappa shape index (κ2) is 4.57. The van der Waals surface area contributed by atoms with Gasteiger partial charge in [-0.15, -0.1) is 0 Å². The third kappa shape index (κ3) is 2.36. The summed E-state index contributed by atoms with van der Waals surface area (Å²) in [4.78, 5) is 20.0. The van der Waals surface area contributed by atoms with Crippen LogP contribution in [-0.2, 0) is 5.41 Å². The van der Waals surface area contributed by atoms with Crippen molar-refractivity contribution in [2.45, 2.75) is 57.8 Å². The first-order valence-electron chi connectivity index (χ1n) is 7.16. The average Bonchev–Trinajstić information content (AvgIpc) is 2.92. The van der Waals surface area contributed by atoms with Crippen LogP contribution in [0.3, 0.4) is 0 Å². The standard InChI is InChI=1S/C15H21IN2O/c1-15(2,3)12-11(16)14(19)18-13(17-12)10-7-8-4-5-9(10)6-8/h8-10H,4-7H2,1-3H3,(H,17,18,19). The zero-order valence-corrected chi connectivity index (χ0v) is 14.0. The number of nitrogens with one attached hydrogen (secondary N) is 1. The van der Waals surface area contributed by atoms with Crippen LogP contribution in [0.5, 0.6) is 0 Å². The highest BCUT2D eigenvalue weighted by atomic mass is 127. The molecule has 3 rings (SSSR count). The third-order valence-electron chi connectivity index (χ3n) is 4.68. The van der Waals surface area contributed by atoms with Crippen LogP contribution in [0.4, 0.5) is 0 Å². The van der Waals surface area contributed by atoms with Crippen LogP contribution >= 0.6 is 22.6 Å². The van der Waals surface area contributed by atoms with Crippen molar-refractivity contribution in [2.75, 3.05) is 0 Å². The topological polar surface area (TPSA) is 45.8 Å². The Bertz CT molecular complexity index is 558. The van der Waals surface area contributed by atoms with Crippen molar-refractivity contribution >= 4 is 22.6 Å². The van der Waals surface area contributed by atoms with E-state index >= 15 is 0 Å². The fourth-order valence-corrected chi connectivity index (χ4v) is 4.79. The monoisotopic (exact) mass is 372 g/mol. The number of rotatable bonds is 1. The molecule has 3 nitrogen and oxygen atoms in total. The molecule has 3 unspecified atom stereocenters. The van der Waals surface area contributed by atoms with Crippen LogP contribution in [-0.4, -0.2) is 9.97 Å². The molecule has 2 fully saturated rings. The minimum Gasteiger partial charge on any atom is -0.309 e. The molecular weight excluding hydrogens is 351 g/mol. The summed E-state index contributed by atoms with van der Waals surface area (Å²) in [5.74, 6) is 3.06. The highest BCUT2D eigenvalue weighted by Gasteiger charge is 2.41. The molecule has 0 spiro atoms. The third-order valence-corrected chi connectivity index (χ3v) is 5.68. The Balaban J connectivity index is 2.04. The van der Waals surface area contributed by atoms with Gasteiger partial charge in [0.2, 0.25) is 0 Å². The van der Waals surface area contributed by atoms with Crippen molar-refractivity contribution < 1.29 is 0 Å². The van der Waals surface area contributed by atoms with Crippen LogP contribution in [0, 0.1) is 15.4 Å². The van der Waals surface area contributed by atoms with E-state index in [1.807, 2.05) is 0 Å². The Kier molecular flexibility index (Phi) is 3.27. The van der Waals surface area contributed by atoms with Crippen LogP contribution in [0.25, 0.3) is 0 Å². The molecule has 4 heteroatoms. The maximum atomic E-state index is 12.2. The normalized spacial score (nSPS) is 30.0. The zero-order valence-electron chi connectivity index (χ0n) is 11.8.